The molecule has 0 aromatic heterocycles. The molecule has 0 heterocycles. The van der Waals surface area contributed by atoms with Gasteiger partial charge in [-0.05, 0) is 215 Å². The predicted octanol–water partition coefficient (Wildman–Crippen LogP) is 13.6. The third-order valence-corrected chi connectivity index (χ3v) is 20.9. The summed E-state index contributed by atoms with van der Waals surface area (Å²) in [5.41, 5.74) is 16.8. The summed E-state index contributed by atoms with van der Waals surface area (Å²) in [6.07, 6.45) is 11.3. The van der Waals surface area contributed by atoms with Gasteiger partial charge in [0.15, 0.2) is 0 Å². The maximum absolute atomic E-state index is 11.1. The van der Waals surface area contributed by atoms with Crippen molar-refractivity contribution in [2.24, 2.45) is 102 Å². The fourth-order valence-electron chi connectivity index (χ4n) is 5.47. The number of esters is 7. The molecular formula is C95H197N7O27. The first kappa shape index (κ1) is 153. The lowest BCUT2D eigenvalue weighted by Gasteiger charge is -2.20. The molecule has 0 aliphatic rings. The van der Waals surface area contributed by atoms with Crippen molar-refractivity contribution in [1.82, 2.24) is 16.0 Å². The molecule has 774 valence electrons. The number of carbonyl (C=O) groups excluding carboxylic acids is 14. The quantitative estimate of drug-likeness (QED) is 0.0154. The minimum Gasteiger partial charge on any atom is -0.466 e. The van der Waals surface area contributed by atoms with Crippen LogP contribution >= 0.6 is 0 Å². The van der Waals surface area contributed by atoms with E-state index < -0.39 is 16.2 Å². The van der Waals surface area contributed by atoms with Crippen molar-refractivity contribution in [3.05, 3.63) is 0 Å². The van der Waals surface area contributed by atoms with Crippen LogP contribution in [0.25, 0.3) is 0 Å². The van der Waals surface area contributed by atoms with Crippen molar-refractivity contribution in [1.29, 1.82) is 0 Å². The molecule has 0 aliphatic carbocycles. The average molecular weight is 1870 g/mol. The van der Waals surface area contributed by atoms with Crippen molar-refractivity contribution in [3.8, 4) is 0 Å². The number of ether oxygens (including phenoxy) is 7. The standard InChI is InChI=1S/3C8H16O3.4C8H16O2.C7H15NO2.2C6H13NO2.4C5H11NO/c3*1-4-8(2,3)7(10)11-6-5-9;4*1-5-8(3,4)7(9)10-6-2;1-4-7(2,3)6(10)8-5-9;2*1-3-5(2)6(9)7-4-8;4*1-3-4(2)5(6)7/h3*9H,4-6H2,1-3H3;4*5-6H2,1-4H3;9H,4-5H2,1-3H3,(H,8,10);2*5,8H,3-4H2,1-2H3,(H,7,9);4*4H,3H2,1-2H3,(H2,6,7). The van der Waals surface area contributed by atoms with E-state index in [-0.39, 0.29) is 206 Å². The highest BCUT2D eigenvalue weighted by molar-refractivity contribution is 5.82. The van der Waals surface area contributed by atoms with Crippen LogP contribution in [0.2, 0.25) is 0 Å². The fraction of sp³-hybridized carbons (Fsp3) is 0.853. The van der Waals surface area contributed by atoms with E-state index >= 15 is 0 Å². The van der Waals surface area contributed by atoms with Crippen LogP contribution in [0.4, 0.5) is 0 Å². The fourth-order valence-corrected chi connectivity index (χ4v) is 5.47. The highest BCUT2D eigenvalue weighted by atomic mass is 16.6. The van der Waals surface area contributed by atoms with Crippen LogP contribution in [-0.4, -0.2) is 200 Å². The monoisotopic (exact) mass is 1870 g/mol. The Hall–Kier alpha value is -7.66. The molecule has 0 fully saturated rings. The largest absolute Gasteiger partial charge is 0.466 e. The molecule has 0 aromatic rings. The van der Waals surface area contributed by atoms with Gasteiger partial charge in [-0.2, -0.15) is 0 Å². The van der Waals surface area contributed by atoms with Gasteiger partial charge in [-0.1, -0.05) is 152 Å². The van der Waals surface area contributed by atoms with E-state index in [9.17, 15) is 67.1 Å². The summed E-state index contributed by atoms with van der Waals surface area (Å²) in [5, 5.41) is 57.0. The lowest BCUT2D eigenvalue weighted by molar-refractivity contribution is -0.155. The Bertz CT molecular complexity index is 2510. The first-order valence-electron chi connectivity index (χ1n) is 45.9. The van der Waals surface area contributed by atoms with Crippen LogP contribution in [0.5, 0.6) is 0 Å². The summed E-state index contributed by atoms with van der Waals surface area (Å²) in [6, 6.07) is 0. The highest BCUT2D eigenvalue weighted by Crippen LogP contribution is 2.26. The van der Waals surface area contributed by atoms with Gasteiger partial charge in [0, 0.05) is 40.9 Å². The zero-order valence-corrected chi connectivity index (χ0v) is 88.6. The molecule has 0 aromatic carbocycles. The minimum atomic E-state index is -0.421. The van der Waals surface area contributed by atoms with Gasteiger partial charge in [0.05, 0.1) is 84.2 Å². The minimum absolute atomic E-state index is 0.0112. The van der Waals surface area contributed by atoms with Crippen molar-refractivity contribution in [2.75, 3.05) is 86.3 Å². The first-order chi connectivity index (χ1) is 59.0. The van der Waals surface area contributed by atoms with Crippen LogP contribution in [-0.2, 0) is 100 Å². The van der Waals surface area contributed by atoms with Crippen LogP contribution < -0.4 is 38.9 Å². The van der Waals surface area contributed by atoms with Crippen molar-refractivity contribution >= 4 is 83.1 Å². The summed E-state index contributed by atoms with van der Waals surface area (Å²) in [5.74, 6) is -2.02. The van der Waals surface area contributed by atoms with E-state index in [4.69, 9.17) is 86.7 Å². The molecule has 34 nitrogen and oxygen atoms in total. The molecule has 0 radical (unpaired) electrons. The summed E-state index contributed by atoms with van der Waals surface area (Å²) < 4.78 is 33.7. The van der Waals surface area contributed by atoms with Gasteiger partial charge >= 0.3 is 41.8 Å². The average Bonchev–Trinajstić information content (AvgIpc) is 0.920. The van der Waals surface area contributed by atoms with Gasteiger partial charge in [0.25, 0.3) is 0 Å². The number of nitrogens with one attached hydrogen (secondary N) is 3. The number of rotatable bonds is 41. The Labute approximate surface area is 781 Å². The van der Waals surface area contributed by atoms with Gasteiger partial charge in [-0.3, -0.25) is 67.1 Å². The number of hydrogen-bond donors (Lipinski definition) is 13. The van der Waals surface area contributed by atoms with E-state index in [1.165, 1.54) is 0 Å². The molecule has 0 saturated carbocycles. The van der Waals surface area contributed by atoms with Gasteiger partial charge in [-0.15, -0.1) is 0 Å². The highest BCUT2D eigenvalue weighted by Gasteiger charge is 2.32. The molecule has 0 spiro atoms. The number of amides is 7. The Balaban J connectivity index is -0.0000000922. The summed E-state index contributed by atoms with van der Waals surface area (Å²) in [7, 11) is 0. The zero-order chi connectivity index (χ0) is 106. The second-order valence-electron chi connectivity index (χ2n) is 34.9. The smallest absolute Gasteiger partial charge is 0.311 e. The van der Waals surface area contributed by atoms with Crippen LogP contribution in [0.3, 0.4) is 0 Å². The van der Waals surface area contributed by atoms with E-state index in [0.717, 1.165) is 89.9 Å². The van der Waals surface area contributed by atoms with Gasteiger partial charge in [-0.25, -0.2) is 0 Å². The molecule has 0 rings (SSSR count). The molecule has 129 heavy (non-hydrogen) atoms. The molecule has 6 atom stereocenters. The van der Waals surface area contributed by atoms with Crippen molar-refractivity contribution < 1.29 is 131 Å². The summed E-state index contributed by atoms with van der Waals surface area (Å²) >= 11 is 0. The molecular weight excluding hydrogens is 1670 g/mol. The number of carbonyl (C=O) groups is 14. The van der Waals surface area contributed by atoms with Gasteiger partial charge in [0.2, 0.25) is 41.4 Å². The topological polar surface area (TPSA) is 565 Å². The molecule has 6 unspecified atom stereocenters. The molecule has 7 amide bonds. The third kappa shape index (κ3) is 94.8. The van der Waals surface area contributed by atoms with Gasteiger partial charge < -0.3 is 103 Å². The Morgan fingerprint density at radius 3 is 0.465 bits per heavy atom. The normalized spacial score (nSPS) is 11.9. The predicted molar refractivity (Wildman–Crippen MR) is 512 cm³/mol. The van der Waals surface area contributed by atoms with Crippen LogP contribution in [0.1, 0.15) is 367 Å². The zero-order valence-electron chi connectivity index (χ0n) is 88.6. The maximum Gasteiger partial charge on any atom is 0.311 e. The molecule has 0 bridgehead atoms. The lowest BCUT2D eigenvalue weighted by Crippen LogP contribution is -2.36. The lowest BCUT2D eigenvalue weighted by atomic mass is 9.89. The SMILES string of the molecule is CCC(C)(C)C(=O)NCO.CCC(C)(C)C(=O)OCCO.CCC(C)(C)C(=O)OCCO.CCC(C)(C)C(=O)OCCO.CCC(C)C(=O)NCO.CCC(C)C(=O)NCO.CCC(C)C(N)=O.CCC(C)C(N)=O.CCC(C)C(N)=O.CCC(C)C(N)=O.CCOC(=O)C(C)(C)CC.CCOC(=O)C(C)(C)CC.CCOC(=O)C(C)(C)CC.CCOC(=O)C(C)(C)CC. The second kappa shape index (κ2) is 90.9. The Morgan fingerprint density at radius 2 is 0.372 bits per heavy atom. The van der Waals surface area contributed by atoms with Gasteiger partial charge in [0.1, 0.15) is 40.0 Å². The number of primary amides is 4. The van der Waals surface area contributed by atoms with Crippen molar-refractivity contribution in [3.63, 3.8) is 0 Å². The molecule has 0 aliphatic heterocycles. The van der Waals surface area contributed by atoms with E-state index in [2.05, 4.69) is 16.0 Å². The molecule has 0 saturated heterocycles. The Morgan fingerprint density at radius 1 is 0.233 bits per heavy atom. The van der Waals surface area contributed by atoms with Crippen molar-refractivity contribution in [2.45, 2.75) is 367 Å². The number of nitrogens with two attached hydrogens (primary N) is 4. The number of aliphatic hydroxyl groups is 6. The van der Waals surface area contributed by atoms with Crippen LogP contribution in [0.15, 0.2) is 0 Å². The molecule has 34 heteroatoms. The third-order valence-electron chi connectivity index (χ3n) is 20.9. The van der Waals surface area contributed by atoms with E-state index in [1.54, 1.807) is 0 Å². The van der Waals surface area contributed by atoms with Crippen LogP contribution in [0, 0.1) is 78.8 Å². The van der Waals surface area contributed by atoms with E-state index in [1.807, 2.05) is 277 Å². The first-order valence-corrected chi connectivity index (χ1v) is 45.9. The second-order valence-corrected chi connectivity index (χ2v) is 34.9. The molecule has 17 N–H and O–H groups in total. The summed E-state index contributed by atoms with van der Waals surface area (Å²) in [4.78, 5) is 151. The Kier molecular flexibility index (Phi) is 107. The number of hydrogen-bond acceptors (Lipinski definition) is 27. The maximum atomic E-state index is 11.1. The van der Waals surface area contributed by atoms with E-state index in [0.29, 0.717) is 26.4 Å². The summed E-state index contributed by atoms with van der Waals surface area (Å²) in [6.45, 7) is 76.4. The number of aliphatic hydroxyl groups excluding tert-OH is 6.